The minimum Gasteiger partial charge on any atom is -0.464 e. The highest BCUT2D eigenvalue weighted by Gasteiger charge is 2.26. The number of rotatable bonds is 7. The maximum atomic E-state index is 13.3. The van der Waals surface area contributed by atoms with Gasteiger partial charge in [-0.2, -0.15) is 0 Å². The maximum Gasteiger partial charge on any atom is 0.320 e. The van der Waals surface area contributed by atoms with Crippen LogP contribution in [-0.4, -0.2) is 60.1 Å². The number of carbonyl (C=O) groups is 2. The molecule has 1 aromatic carbocycles. The Morgan fingerprint density at radius 1 is 1.03 bits per heavy atom. The number of ether oxygens (including phenoxy) is 2. The van der Waals surface area contributed by atoms with Gasteiger partial charge in [0.05, 0.1) is 6.54 Å². The summed E-state index contributed by atoms with van der Waals surface area (Å²) in [7, 11) is 3.36. The van der Waals surface area contributed by atoms with E-state index in [1.165, 1.54) is 4.90 Å². The smallest absolute Gasteiger partial charge is 0.320 e. The molecular formula is C22H29N3O5. The molecule has 0 aliphatic carbocycles. The molecule has 3 amide bonds. The molecule has 0 unspecified atom stereocenters. The fourth-order valence-corrected chi connectivity index (χ4v) is 3.22. The summed E-state index contributed by atoms with van der Waals surface area (Å²) in [5.74, 6) is 2.68. The van der Waals surface area contributed by atoms with Crippen molar-refractivity contribution in [3.8, 4) is 11.5 Å². The van der Waals surface area contributed by atoms with Crippen molar-refractivity contribution in [3.63, 3.8) is 0 Å². The minimum atomic E-state index is -0.199. The van der Waals surface area contributed by atoms with Gasteiger partial charge in [0, 0.05) is 26.7 Å². The van der Waals surface area contributed by atoms with Gasteiger partial charge >= 0.3 is 6.03 Å². The summed E-state index contributed by atoms with van der Waals surface area (Å²) >= 11 is 0. The molecule has 30 heavy (non-hydrogen) atoms. The Bertz CT molecular complexity index is 906. The first-order valence-electron chi connectivity index (χ1n) is 9.94. The van der Waals surface area contributed by atoms with Gasteiger partial charge in [-0.25, -0.2) is 4.79 Å². The van der Waals surface area contributed by atoms with Gasteiger partial charge in [0.2, 0.25) is 12.7 Å². The topological polar surface area (TPSA) is 75.5 Å². The molecular weight excluding hydrogens is 386 g/mol. The lowest BCUT2D eigenvalue weighted by Crippen LogP contribution is -2.49. The fraction of sp³-hybridized carbons (Fsp3) is 0.455. The highest BCUT2D eigenvalue weighted by molar-refractivity contribution is 5.84. The van der Waals surface area contributed by atoms with Gasteiger partial charge in [-0.1, -0.05) is 6.07 Å². The first-order valence-corrected chi connectivity index (χ1v) is 9.94. The monoisotopic (exact) mass is 415 g/mol. The third kappa shape index (κ3) is 5.06. The first-order chi connectivity index (χ1) is 14.2. The van der Waals surface area contributed by atoms with Crippen LogP contribution in [0.3, 0.4) is 0 Å². The second-order valence-corrected chi connectivity index (χ2v) is 7.85. The van der Waals surface area contributed by atoms with E-state index in [2.05, 4.69) is 0 Å². The molecule has 0 saturated heterocycles. The summed E-state index contributed by atoms with van der Waals surface area (Å²) in [6, 6.07) is 9.05. The third-order valence-corrected chi connectivity index (χ3v) is 4.86. The summed E-state index contributed by atoms with van der Waals surface area (Å²) < 4.78 is 16.5. The van der Waals surface area contributed by atoms with Gasteiger partial charge in [-0.05, 0) is 50.6 Å². The lowest BCUT2D eigenvalue weighted by Gasteiger charge is -2.31. The number of nitrogens with zero attached hydrogens (tertiary/aromatic N) is 3. The highest BCUT2D eigenvalue weighted by atomic mass is 16.7. The fourth-order valence-electron chi connectivity index (χ4n) is 3.22. The Balaban J connectivity index is 1.80. The molecule has 1 aliphatic heterocycles. The quantitative estimate of drug-likeness (QED) is 0.694. The van der Waals surface area contributed by atoms with Gasteiger partial charge in [0.15, 0.2) is 11.5 Å². The van der Waals surface area contributed by atoms with Crippen molar-refractivity contribution in [1.82, 2.24) is 14.7 Å². The van der Waals surface area contributed by atoms with Crippen LogP contribution >= 0.6 is 0 Å². The number of benzene rings is 1. The van der Waals surface area contributed by atoms with E-state index in [-0.39, 0.29) is 31.3 Å². The molecule has 2 heterocycles. The highest BCUT2D eigenvalue weighted by Crippen LogP contribution is 2.33. The largest absolute Gasteiger partial charge is 0.464 e. The van der Waals surface area contributed by atoms with Crippen molar-refractivity contribution in [2.75, 3.05) is 27.4 Å². The Morgan fingerprint density at radius 3 is 2.40 bits per heavy atom. The molecule has 0 radical (unpaired) electrons. The molecule has 0 N–H and O–H groups in total. The Hall–Kier alpha value is -3.16. The predicted molar refractivity (Wildman–Crippen MR) is 111 cm³/mol. The molecule has 0 bridgehead atoms. The molecule has 0 saturated carbocycles. The average molecular weight is 415 g/mol. The van der Waals surface area contributed by atoms with Crippen LogP contribution in [0.5, 0.6) is 11.5 Å². The van der Waals surface area contributed by atoms with Gasteiger partial charge in [-0.3, -0.25) is 4.79 Å². The number of hydrogen-bond acceptors (Lipinski definition) is 5. The maximum absolute atomic E-state index is 13.3. The van der Waals surface area contributed by atoms with E-state index in [9.17, 15) is 9.59 Å². The summed E-state index contributed by atoms with van der Waals surface area (Å²) in [6.07, 6.45) is 0. The number of furan rings is 1. The van der Waals surface area contributed by atoms with E-state index in [4.69, 9.17) is 13.9 Å². The molecule has 8 nitrogen and oxygen atoms in total. The van der Waals surface area contributed by atoms with Crippen LogP contribution < -0.4 is 9.47 Å². The van der Waals surface area contributed by atoms with Gasteiger partial charge in [0.1, 0.15) is 18.1 Å². The molecule has 2 aromatic rings. The van der Waals surface area contributed by atoms with E-state index in [1.807, 2.05) is 51.1 Å². The van der Waals surface area contributed by atoms with Crippen LogP contribution in [0.4, 0.5) is 4.79 Å². The zero-order chi connectivity index (χ0) is 21.8. The Kier molecular flexibility index (Phi) is 6.54. The molecule has 162 valence electrons. The van der Waals surface area contributed by atoms with Crippen LogP contribution in [0.1, 0.15) is 30.9 Å². The summed E-state index contributed by atoms with van der Waals surface area (Å²) in [5, 5.41) is 0. The molecule has 1 aliphatic rings. The van der Waals surface area contributed by atoms with Crippen molar-refractivity contribution in [3.05, 3.63) is 47.4 Å². The number of urea groups is 1. The summed E-state index contributed by atoms with van der Waals surface area (Å²) in [4.78, 5) is 30.5. The molecule has 0 spiro atoms. The van der Waals surface area contributed by atoms with Crippen LogP contribution in [0.2, 0.25) is 0 Å². The number of hydrogen-bond donors (Lipinski definition) is 0. The van der Waals surface area contributed by atoms with Crippen molar-refractivity contribution in [2.45, 2.75) is 39.9 Å². The lowest BCUT2D eigenvalue weighted by molar-refractivity contribution is -0.133. The van der Waals surface area contributed by atoms with Crippen molar-refractivity contribution in [2.24, 2.45) is 0 Å². The van der Waals surface area contributed by atoms with Crippen molar-refractivity contribution >= 4 is 11.9 Å². The number of aryl methyl sites for hydroxylation is 1. The third-order valence-electron chi connectivity index (χ3n) is 4.86. The summed E-state index contributed by atoms with van der Waals surface area (Å²) in [5.41, 5.74) is 0.908. The molecule has 3 rings (SSSR count). The number of amides is 3. The van der Waals surface area contributed by atoms with Crippen LogP contribution in [0.25, 0.3) is 0 Å². The lowest BCUT2D eigenvalue weighted by atomic mass is 10.1. The van der Waals surface area contributed by atoms with Gasteiger partial charge < -0.3 is 28.6 Å². The number of carbonyl (C=O) groups excluding carboxylic acids is 2. The minimum absolute atomic E-state index is 0.0150. The normalized spacial score (nSPS) is 12.2. The van der Waals surface area contributed by atoms with Gasteiger partial charge in [0.25, 0.3) is 0 Å². The zero-order valence-corrected chi connectivity index (χ0v) is 18.2. The zero-order valence-electron chi connectivity index (χ0n) is 18.2. The summed E-state index contributed by atoms with van der Waals surface area (Å²) in [6.45, 7) is 6.51. The van der Waals surface area contributed by atoms with E-state index >= 15 is 0 Å². The molecule has 1 aromatic heterocycles. The van der Waals surface area contributed by atoms with Gasteiger partial charge in [-0.15, -0.1) is 0 Å². The molecule has 0 fully saturated rings. The van der Waals surface area contributed by atoms with Crippen LogP contribution in [-0.2, 0) is 17.9 Å². The Labute approximate surface area is 176 Å². The number of fused-ring (bicyclic) bond motifs is 1. The first kappa shape index (κ1) is 21.5. The SMILES string of the molecule is Cc1ccc(CN(Cc2ccc3c(c2)OCO3)C(=O)CN(C(=O)N(C)C)C(C)C)o1. The van der Waals surface area contributed by atoms with Crippen LogP contribution in [0.15, 0.2) is 34.7 Å². The van der Waals surface area contributed by atoms with E-state index in [0.717, 1.165) is 11.3 Å². The average Bonchev–Trinajstić information content (AvgIpc) is 3.32. The second kappa shape index (κ2) is 9.11. The molecule has 8 heteroatoms. The second-order valence-electron chi connectivity index (χ2n) is 7.85. The predicted octanol–water partition coefficient (Wildman–Crippen LogP) is 3.24. The Morgan fingerprint density at radius 2 is 1.77 bits per heavy atom. The standard InChI is InChI=1S/C22H29N3O5/c1-15(2)25(22(27)23(4)5)13-21(26)24(12-18-8-6-16(3)30-18)11-17-7-9-19-20(10-17)29-14-28-19/h6-10,15H,11-14H2,1-5H3. The van der Waals surface area contributed by atoms with E-state index < -0.39 is 0 Å². The van der Waals surface area contributed by atoms with Crippen LogP contribution in [0, 0.1) is 6.92 Å². The van der Waals surface area contributed by atoms with Crippen molar-refractivity contribution < 1.29 is 23.5 Å². The van der Waals surface area contributed by atoms with Crippen molar-refractivity contribution in [1.29, 1.82) is 0 Å². The van der Waals surface area contributed by atoms with E-state index in [0.29, 0.717) is 30.3 Å². The van der Waals surface area contributed by atoms with E-state index in [1.54, 1.807) is 23.9 Å². The molecule has 0 atom stereocenters.